The molecule has 134 valence electrons. The summed E-state index contributed by atoms with van der Waals surface area (Å²) in [4.78, 5) is 10.6. The number of hydrogen-bond acceptors (Lipinski definition) is 7. The van der Waals surface area contributed by atoms with Crippen LogP contribution in [0, 0.1) is 0 Å². The van der Waals surface area contributed by atoms with Gasteiger partial charge in [-0.25, -0.2) is 0 Å². The third-order valence-corrected chi connectivity index (χ3v) is 4.13. The number of likely N-dealkylation sites (N-methyl/N-ethyl adjacent to an activating group) is 1. The first kappa shape index (κ1) is 17.9. The van der Waals surface area contributed by atoms with Crippen LogP contribution >= 0.6 is 11.6 Å². The Kier molecular flexibility index (Phi) is 5.80. The van der Waals surface area contributed by atoms with Crippen LogP contribution in [-0.2, 0) is 6.42 Å². The third-order valence-electron chi connectivity index (χ3n) is 3.83. The largest absolute Gasteiger partial charge is 0.495 e. The van der Waals surface area contributed by atoms with Gasteiger partial charge in [-0.05, 0) is 42.3 Å². The Hall–Kier alpha value is -2.93. The van der Waals surface area contributed by atoms with Gasteiger partial charge in [0.2, 0.25) is 5.95 Å². The predicted molar refractivity (Wildman–Crippen MR) is 102 cm³/mol. The lowest BCUT2D eigenvalue weighted by Gasteiger charge is -2.18. The summed E-state index contributed by atoms with van der Waals surface area (Å²) < 4.78 is 5.15. The van der Waals surface area contributed by atoms with Crippen LogP contribution in [0.1, 0.15) is 5.56 Å². The zero-order chi connectivity index (χ0) is 18.4. The quantitative estimate of drug-likeness (QED) is 0.683. The minimum atomic E-state index is 0.402. The minimum absolute atomic E-state index is 0.402. The molecule has 8 heteroatoms. The Bertz CT molecular complexity index is 861. The fourth-order valence-corrected chi connectivity index (χ4v) is 2.62. The highest BCUT2D eigenvalue weighted by atomic mass is 35.5. The van der Waals surface area contributed by atoms with Gasteiger partial charge in [0.05, 0.1) is 18.3 Å². The maximum Gasteiger partial charge on any atom is 0.249 e. The Morgan fingerprint density at radius 1 is 1.19 bits per heavy atom. The number of nitrogens with zero attached hydrogens (tertiary/aromatic N) is 5. The molecule has 3 aromatic rings. The summed E-state index contributed by atoms with van der Waals surface area (Å²) in [5.74, 6) is 1.75. The van der Waals surface area contributed by atoms with E-state index >= 15 is 0 Å². The number of pyridine rings is 1. The number of hydrogen-bond donors (Lipinski definition) is 1. The van der Waals surface area contributed by atoms with Crippen LogP contribution in [0.2, 0.25) is 5.02 Å². The molecule has 0 unspecified atom stereocenters. The first-order valence-electron chi connectivity index (χ1n) is 8.06. The van der Waals surface area contributed by atoms with E-state index in [2.05, 4.69) is 25.5 Å². The second-order valence-corrected chi connectivity index (χ2v) is 6.05. The van der Waals surface area contributed by atoms with E-state index in [1.54, 1.807) is 37.8 Å². The maximum absolute atomic E-state index is 6.14. The van der Waals surface area contributed by atoms with E-state index in [9.17, 15) is 0 Å². The molecule has 0 aliphatic carbocycles. The van der Waals surface area contributed by atoms with Crippen molar-refractivity contribution < 1.29 is 4.74 Å². The molecule has 7 nitrogen and oxygen atoms in total. The van der Waals surface area contributed by atoms with Gasteiger partial charge in [0.15, 0.2) is 5.82 Å². The zero-order valence-corrected chi connectivity index (χ0v) is 15.3. The van der Waals surface area contributed by atoms with Crippen molar-refractivity contribution in [2.45, 2.75) is 6.42 Å². The van der Waals surface area contributed by atoms with E-state index in [-0.39, 0.29) is 0 Å². The summed E-state index contributed by atoms with van der Waals surface area (Å²) in [6, 6.07) is 9.39. The molecule has 2 heterocycles. The van der Waals surface area contributed by atoms with E-state index in [0.717, 1.165) is 24.5 Å². The lowest BCUT2D eigenvalue weighted by molar-refractivity contribution is 0.415. The summed E-state index contributed by atoms with van der Waals surface area (Å²) >= 11 is 6.14. The van der Waals surface area contributed by atoms with Crippen molar-refractivity contribution in [3.63, 3.8) is 0 Å². The fourth-order valence-electron chi connectivity index (χ4n) is 2.37. The zero-order valence-electron chi connectivity index (χ0n) is 14.6. The highest BCUT2D eigenvalue weighted by Crippen LogP contribution is 2.28. The van der Waals surface area contributed by atoms with Crippen molar-refractivity contribution in [1.82, 2.24) is 20.2 Å². The van der Waals surface area contributed by atoms with Crippen molar-refractivity contribution in [1.29, 1.82) is 0 Å². The smallest absolute Gasteiger partial charge is 0.249 e. The van der Waals surface area contributed by atoms with Gasteiger partial charge < -0.3 is 15.0 Å². The number of aromatic nitrogens is 4. The topological polar surface area (TPSA) is 76.1 Å². The number of methoxy groups -OCH3 is 1. The summed E-state index contributed by atoms with van der Waals surface area (Å²) in [6.45, 7) is 0.802. The molecule has 0 atom stereocenters. The molecule has 0 aliphatic rings. The molecule has 0 radical (unpaired) electrons. The predicted octanol–water partition coefficient (Wildman–Crippen LogP) is 3.35. The fraction of sp³-hybridized carbons (Fsp3) is 0.222. The Morgan fingerprint density at radius 2 is 2.00 bits per heavy atom. The van der Waals surface area contributed by atoms with Crippen LogP contribution < -0.4 is 15.0 Å². The molecule has 26 heavy (non-hydrogen) atoms. The number of anilines is 3. The van der Waals surface area contributed by atoms with Crippen molar-refractivity contribution >= 4 is 29.1 Å². The van der Waals surface area contributed by atoms with Crippen LogP contribution in [0.3, 0.4) is 0 Å². The summed E-state index contributed by atoms with van der Waals surface area (Å²) in [5.41, 5.74) is 1.98. The average Bonchev–Trinajstić information content (AvgIpc) is 2.67. The van der Waals surface area contributed by atoms with Crippen molar-refractivity contribution in [3.05, 3.63) is 59.5 Å². The number of nitrogens with one attached hydrogen (secondary N) is 1. The number of halogens is 1. The first-order chi connectivity index (χ1) is 12.7. The van der Waals surface area contributed by atoms with Crippen molar-refractivity contribution in [2.75, 3.05) is 30.9 Å². The number of ether oxygens (including phenoxy) is 1. The Labute approximate surface area is 157 Å². The van der Waals surface area contributed by atoms with Crippen LogP contribution in [0.15, 0.2) is 48.9 Å². The number of benzene rings is 1. The van der Waals surface area contributed by atoms with Crippen LogP contribution in [-0.4, -0.2) is 40.9 Å². The van der Waals surface area contributed by atoms with Gasteiger partial charge in [-0.3, -0.25) is 4.98 Å². The van der Waals surface area contributed by atoms with Crippen LogP contribution in [0.4, 0.5) is 17.5 Å². The first-order valence-corrected chi connectivity index (χ1v) is 8.44. The molecule has 0 spiro atoms. The van der Waals surface area contributed by atoms with E-state index in [1.807, 2.05) is 30.1 Å². The molecule has 2 aromatic heterocycles. The lowest BCUT2D eigenvalue weighted by atomic mass is 10.2. The second-order valence-electron chi connectivity index (χ2n) is 5.64. The highest BCUT2D eigenvalue weighted by Gasteiger charge is 2.08. The van der Waals surface area contributed by atoms with E-state index in [4.69, 9.17) is 16.3 Å². The molecule has 1 aromatic carbocycles. The standard InChI is InChI=1S/C18H19ClN6O/c1-25(10-7-13-5-8-20-9-6-13)17-12-21-24-18(23-17)22-14-3-4-16(26-2)15(19)11-14/h3-6,8-9,11-12H,7,10H2,1-2H3,(H,22,23,24). The normalized spacial score (nSPS) is 10.4. The molecule has 0 amide bonds. The van der Waals surface area contributed by atoms with Gasteiger partial charge in [0.1, 0.15) is 5.75 Å². The van der Waals surface area contributed by atoms with E-state index in [0.29, 0.717) is 16.7 Å². The molecule has 3 rings (SSSR count). The minimum Gasteiger partial charge on any atom is -0.495 e. The van der Waals surface area contributed by atoms with Gasteiger partial charge in [0, 0.05) is 31.7 Å². The molecule has 0 saturated carbocycles. The molecular weight excluding hydrogens is 352 g/mol. The molecule has 0 saturated heterocycles. The molecule has 0 fully saturated rings. The van der Waals surface area contributed by atoms with Crippen molar-refractivity contribution in [2.24, 2.45) is 0 Å². The van der Waals surface area contributed by atoms with Gasteiger partial charge in [-0.2, -0.15) is 10.1 Å². The molecule has 0 bridgehead atoms. The number of rotatable bonds is 7. The third kappa shape index (κ3) is 4.58. The molecular formula is C18H19ClN6O. The van der Waals surface area contributed by atoms with Gasteiger partial charge >= 0.3 is 0 Å². The van der Waals surface area contributed by atoms with Crippen LogP contribution in [0.5, 0.6) is 5.75 Å². The van der Waals surface area contributed by atoms with Gasteiger partial charge in [0.25, 0.3) is 0 Å². The molecule has 0 aliphatic heterocycles. The lowest BCUT2D eigenvalue weighted by Crippen LogP contribution is -2.22. The maximum atomic E-state index is 6.14. The van der Waals surface area contributed by atoms with E-state index < -0.39 is 0 Å². The Morgan fingerprint density at radius 3 is 2.73 bits per heavy atom. The van der Waals surface area contributed by atoms with Gasteiger partial charge in [-0.1, -0.05) is 11.6 Å². The summed E-state index contributed by atoms with van der Waals surface area (Å²) in [7, 11) is 3.55. The Balaban J connectivity index is 1.66. The molecule has 1 N–H and O–H groups in total. The second kappa shape index (κ2) is 8.44. The van der Waals surface area contributed by atoms with E-state index in [1.165, 1.54) is 5.56 Å². The van der Waals surface area contributed by atoms with Crippen molar-refractivity contribution in [3.8, 4) is 5.75 Å². The summed E-state index contributed by atoms with van der Waals surface area (Å²) in [5, 5.41) is 11.7. The monoisotopic (exact) mass is 370 g/mol. The highest BCUT2D eigenvalue weighted by molar-refractivity contribution is 6.32. The SMILES string of the molecule is COc1ccc(Nc2nncc(N(C)CCc3ccncc3)n2)cc1Cl. The van der Waals surface area contributed by atoms with Crippen LogP contribution in [0.25, 0.3) is 0 Å². The average molecular weight is 371 g/mol. The summed E-state index contributed by atoms with van der Waals surface area (Å²) in [6.07, 6.45) is 6.12. The van der Waals surface area contributed by atoms with Gasteiger partial charge in [-0.15, -0.1) is 5.10 Å².